The molecular formula is C14H17BrO5. The van der Waals surface area contributed by atoms with Gasteiger partial charge in [-0.05, 0) is 0 Å². The molecule has 110 valence electrons. The summed E-state index contributed by atoms with van der Waals surface area (Å²) in [6.45, 7) is 0.402. The molecule has 2 saturated heterocycles. The van der Waals surface area contributed by atoms with Crippen LogP contribution in [-0.4, -0.2) is 48.3 Å². The number of methoxy groups -OCH3 is 1. The van der Waals surface area contributed by atoms with Gasteiger partial charge >= 0.3 is 0 Å². The molecule has 2 fully saturated rings. The van der Waals surface area contributed by atoms with E-state index in [4.69, 9.17) is 18.9 Å². The van der Waals surface area contributed by atoms with Gasteiger partial charge in [0.25, 0.3) is 0 Å². The first kappa shape index (κ1) is 14.4. The van der Waals surface area contributed by atoms with Gasteiger partial charge in [-0.25, -0.2) is 0 Å². The number of aliphatic hydroxyl groups excluding tert-OH is 1. The van der Waals surface area contributed by atoms with Crippen LogP contribution in [0.15, 0.2) is 30.3 Å². The van der Waals surface area contributed by atoms with Crippen LogP contribution in [0.5, 0.6) is 0 Å². The second kappa shape index (κ2) is 6.09. The van der Waals surface area contributed by atoms with Crippen LogP contribution in [-0.2, 0) is 18.9 Å². The minimum Gasteiger partial charge on any atom is -0.387 e. The summed E-state index contributed by atoms with van der Waals surface area (Å²) < 4.78 is 22.4. The number of alkyl halides is 1. The lowest BCUT2D eigenvalue weighted by molar-refractivity contribution is -0.329. The molecule has 2 aliphatic rings. The van der Waals surface area contributed by atoms with Gasteiger partial charge in [0.1, 0.15) is 18.3 Å². The van der Waals surface area contributed by atoms with Crippen molar-refractivity contribution >= 4 is 15.9 Å². The Morgan fingerprint density at radius 3 is 2.70 bits per heavy atom. The predicted molar refractivity (Wildman–Crippen MR) is 74.4 cm³/mol. The minimum absolute atomic E-state index is 0.257. The zero-order valence-corrected chi connectivity index (χ0v) is 12.6. The number of fused-ring (bicyclic) bond motifs is 1. The van der Waals surface area contributed by atoms with Crippen LogP contribution in [0, 0.1) is 0 Å². The fraction of sp³-hybridized carbons (Fsp3) is 0.571. The minimum atomic E-state index is -0.782. The summed E-state index contributed by atoms with van der Waals surface area (Å²) in [4.78, 5) is -0.263. The monoisotopic (exact) mass is 344 g/mol. The van der Waals surface area contributed by atoms with Crippen molar-refractivity contribution in [3.05, 3.63) is 35.9 Å². The molecule has 0 aromatic heterocycles. The van der Waals surface area contributed by atoms with Crippen LogP contribution in [0.1, 0.15) is 11.9 Å². The number of benzene rings is 1. The fourth-order valence-corrected chi connectivity index (χ4v) is 3.23. The summed E-state index contributed by atoms with van der Waals surface area (Å²) in [7, 11) is 1.51. The second-order valence-electron chi connectivity index (χ2n) is 4.89. The maximum absolute atomic E-state index is 10.1. The summed E-state index contributed by atoms with van der Waals surface area (Å²) >= 11 is 3.49. The Hall–Kier alpha value is -0.500. The van der Waals surface area contributed by atoms with E-state index in [0.717, 1.165) is 5.56 Å². The summed E-state index contributed by atoms with van der Waals surface area (Å²) in [6.07, 6.45) is -2.42. The van der Waals surface area contributed by atoms with E-state index >= 15 is 0 Å². The van der Waals surface area contributed by atoms with Crippen LogP contribution in [0.4, 0.5) is 0 Å². The standard InChI is InChI=1S/C14H17BrO5/c1-17-14-11(16)10(15)12-9(19-14)7-18-13(20-12)8-5-3-2-4-6-8/h2-6,9-14,16H,7H2,1H3/t9-,10-,11-,12-,13-,14?/m1/s1. The van der Waals surface area contributed by atoms with Gasteiger partial charge < -0.3 is 24.1 Å². The second-order valence-corrected chi connectivity index (χ2v) is 5.95. The van der Waals surface area contributed by atoms with Crippen molar-refractivity contribution in [1.82, 2.24) is 0 Å². The van der Waals surface area contributed by atoms with Crippen LogP contribution in [0.25, 0.3) is 0 Å². The van der Waals surface area contributed by atoms with E-state index in [-0.39, 0.29) is 17.0 Å². The van der Waals surface area contributed by atoms with E-state index in [9.17, 15) is 5.11 Å². The van der Waals surface area contributed by atoms with Crippen molar-refractivity contribution in [2.45, 2.75) is 35.7 Å². The highest BCUT2D eigenvalue weighted by atomic mass is 79.9. The number of aliphatic hydroxyl groups is 1. The Bertz CT molecular complexity index is 440. The lowest BCUT2D eigenvalue weighted by atomic mass is 10.0. The first-order valence-corrected chi connectivity index (χ1v) is 7.44. The maximum Gasteiger partial charge on any atom is 0.184 e. The molecule has 1 N–H and O–H groups in total. The van der Waals surface area contributed by atoms with Gasteiger partial charge in [0.15, 0.2) is 12.6 Å². The lowest BCUT2D eigenvalue weighted by Crippen LogP contribution is -2.60. The third-order valence-electron chi connectivity index (χ3n) is 3.59. The Labute approximate surface area is 125 Å². The molecule has 2 aliphatic heterocycles. The molecule has 20 heavy (non-hydrogen) atoms. The van der Waals surface area contributed by atoms with Crippen molar-refractivity contribution in [3.63, 3.8) is 0 Å². The number of halogens is 1. The van der Waals surface area contributed by atoms with Crippen LogP contribution >= 0.6 is 15.9 Å². The van der Waals surface area contributed by atoms with Gasteiger partial charge in [0.05, 0.1) is 11.4 Å². The molecule has 6 atom stereocenters. The van der Waals surface area contributed by atoms with E-state index in [1.165, 1.54) is 7.11 Å². The molecular weight excluding hydrogens is 328 g/mol. The molecule has 1 aromatic carbocycles. The smallest absolute Gasteiger partial charge is 0.184 e. The number of hydrogen-bond acceptors (Lipinski definition) is 5. The largest absolute Gasteiger partial charge is 0.387 e. The molecule has 6 heteroatoms. The van der Waals surface area contributed by atoms with Crippen LogP contribution < -0.4 is 0 Å². The van der Waals surface area contributed by atoms with Gasteiger partial charge in [-0.1, -0.05) is 46.3 Å². The number of rotatable bonds is 2. The molecule has 5 nitrogen and oxygen atoms in total. The molecule has 3 rings (SSSR count). The first-order valence-electron chi connectivity index (χ1n) is 6.53. The highest BCUT2D eigenvalue weighted by Crippen LogP contribution is 2.36. The third kappa shape index (κ3) is 2.64. The quantitative estimate of drug-likeness (QED) is 0.826. The van der Waals surface area contributed by atoms with Crippen LogP contribution in [0.3, 0.4) is 0 Å². The summed E-state index contributed by atoms with van der Waals surface area (Å²) in [5.41, 5.74) is 0.953. The van der Waals surface area contributed by atoms with E-state index in [2.05, 4.69) is 15.9 Å². The summed E-state index contributed by atoms with van der Waals surface area (Å²) in [5, 5.41) is 10.1. The van der Waals surface area contributed by atoms with Crippen molar-refractivity contribution in [2.75, 3.05) is 13.7 Å². The Kier molecular flexibility index (Phi) is 4.40. The van der Waals surface area contributed by atoms with Gasteiger partial charge in [-0.3, -0.25) is 0 Å². The van der Waals surface area contributed by atoms with E-state index in [0.29, 0.717) is 6.61 Å². The highest BCUT2D eigenvalue weighted by molar-refractivity contribution is 9.09. The van der Waals surface area contributed by atoms with Gasteiger partial charge in [0, 0.05) is 12.7 Å². The van der Waals surface area contributed by atoms with Crippen molar-refractivity contribution < 1.29 is 24.1 Å². The predicted octanol–water partition coefficient (Wildman–Crippen LogP) is 1.60. The van der Waals surface area contributed by atoms with Gasteiger partial charge in [-0.2, -0.15) is 0 Å². The Balaban J connectivity index is 1.74. The van der Waals surface area contributed by atoms with Gasteiger partial charge in [-0.15, -0.1) is 0 Å². The van der Waals surface area contributed by atoms with Crippen molar-refractivity contribution in [3.8, 4) is 0 Å². The van der Waals surface area contributed by atoms with Crippen LogP contribution in [0.2, 0.25) is 0 Å². The zero-order valence-electron chi connectivity index (χ0n) is 11.0. The molecule has 2 heterocycles. The lowest BCUT2D eigenvalue weighted by Gasteiger charge is -2.46. The molecule has 0 spiro atoms. The number of ether oxygens (including phenoxy) is 4. The maximum atomic E-state index is 10.1. The topological polar surface area (TPSA) is 57.2 Å². The molecule has 0 amide bonds. The first-order chi connectivity index (χ1) is 9.70. The van der Waals surface area contributed by atoms with E-state index in [1.807, 2.05) is 30.3 Å². The van der Waals surface area contributed by atoms with Crippen molar-refractivity contribution in [1.29, 1.82) is 0 Å². The summed E-state index contributed by atoms with van der Waals surface area (Å²) in [6, 6.07) is 9.72. The van der Waals surface area contributed by atoms with Gasteiger partial charge in [0.2, 0.25) is 0 Å². The third-order valence-corrected chi connectivity index (χ3v) is 4.65. The van der Waals surface area contributed by atoms with E-state index < -0.39 is 18.7 Å². The van der Waals surface area contributed by atoms with Crippen molar-refractivity contribution in [2.24, 2.45) is 0 Å². The number of hydrogen-bond donors (Lipinski definition) is 1. The molecule has 1 unspecified atom stereocenters. The molecule has 0 bridgehead atoms. The van der Waals surface area contributed by atoms with E-state index in [1.54, 1.807) is 0 Å². The SMILES string of the molecule is COC1O[C@@H]2CO[C@@H](c3ccccc3)O[C@H]2[C@H](Br)[C@H]1O. The molecule has 1 aromatic rings. The Morgan fingerprint density at radius 1 is 1.25 bits per heavy atom. The normalized spacial score (nSPS) is 41.1. The summed E-state index contributed by atoms with van der Waals surface area (Å²) in [5.74, 6) is 0. The molecule has 0 aliphatic carbocycles. The zero-order chi connectivity index (χ0) is 14.1. The average molecular weight is 345 g/mol. The fourth-order valence-electron chi connectivity index (χ4n) is 2.52. The Morgan fingerprint density at radius 2 is 2.00 bits per heavy atom. The highest BCUT2D eigenvalue weighted by Gasteiger charge is 2.48. The molecule has 0 saturated carbocycles. The average Bonchev–Trinajstić information content (AvgIpc) is 2.51. The molecule has 0 radical (unpaired) electrons.